The van der Waals surface area contributed by atoms with E-state index in [1.54, 1.807) is 19.1 Å². The van der Waals surface area contributed by atoms with E-state index in [0.717, 1.165) is 11.1 Å². The molecule has 3 aromatic rings. The Morgan fingerprint density at radius 1 is 1.21 bits per heavy atom. The minimum absolute atomic E-state index is 0.0221. The van der Waals surface area contributed by atoms with Crippen molar-refractivity contribution in [1.82, 2.24) is 10.1 Å². The molecule has 0 aliphatic heterocycles. The lowest BCUT2D eigenvalue weighted by molar-refractivity contribution is -0.386. The Kier molecular flexibility index (Phi) is 4.51. The number of aryl methyl sites for hydroxylation is 1. The first kappa shape index (κ1) is 15.7. The predicted molar refractivity (Wildman–Crippen MR) is 85.7 cm³/mol. The Morgan fingerprint density at radius 2 is 2.00 bits per heavy atom. The minimum Gasteiger partial charge on any atom is -0.477 e. The lowest BCUT2D eigenvalue weighted by atomic mass is 10.1. The molecule has 1 aromatic heterocycles. The molecule has 0 radical (unpaired) electrons. The van der Waals surface area contributed by atoms with Crippen LogP contribution in [0.25, 0.3) is 0 Å². The van der Waals surface area contributed by atoms with Crippen LogP contribution in [0.15, 0.2) is 53.1 Å². The van der Waals surface area contributed by atoms with Crippen molar-refractivity contribution in [3.8, 4) is 5.75 Å². The van der Waals surface area contributed by atoms with Crippen LogP contribution in [0, 0.1) is 17.0 Å². The van der Waals surface area contributed by atoms with Gasteiger partial charge in [-0.15, -0.1) is 0 Å². The van der Waals surface area contributed by atoms with Crippen LogP contribution >= 0.6 is 0 Å². The summed E-state index contributed by atoms with van der Waals surface area (Å²) >= 11 is 0. The summed E-state index contributed by atoms with van der Waals surface area (Å²) < 4.78 is 10.6. The van der Waals surface area contributed by atoms with Gasteiger partial charge in [-0.1, -0.05) is 41.6 Å². The highest BCUT2D eigenvalue weighted by atomic mass is 16.6. The van der Waals surface area contributed by atoms with Crippen molar-refractivity contribution >= 4 is 5.69 Å². The Morgan fingerprint density at radius 3 is 2.75 bits per heavy atom. The van der Waals surface area contributed by atoms with E-state index in [-0.39, 0.29) is 23.9 Å². The molecule has 7 nitrogen and oxygen atoms in total. The zero-order chi connectivity index (χ0) is 16.9. The second kappa shape index (κ2) is 6.91. The van der Waals surface area contributed by atoms with Crippen LogP contribution < -0.4 is 4.74 Å². The summed E-state index contributed by atoms with van der Waals surface area (Å²) in [6.45, 7) is 1.76. The maximum Gasteiger partial charge on any atom is 0.311 e. The van der Waals surface area contributed by atoms with Gasteiger partial charge in [0.1, 0.15) is 0 Å². The fourth-order valence-electron chi connectivity index (χ4n) is 2.23. The molecule has 3 rings (SSSR count). The fraction of sp³-hybridized carbons (Fsp3) is 0.176. The van der Waals surface area contributed by atoms with E-state index in [2.05, 4.69) is 10.1 Å². The van der Waals surface area contributed by atoms with E-state index in [1.165, 1.54) is 6.07 Å². The van der Waals surface area contributed by atoms with Gasteiger partial charge in [-0.3, -0.25) is 10.1 Å². The third-order valence-electron chi connectivity index (χ3n) is 3.38. The first-order chi connectivity index (χ1) is 11.6. The summed E-state index contributed by atoms with van der Waals surface area (Å²) in [4.78, 5) is 14.8. The zero-order valence-electron chi connectivity index (χ0n) is 13.0. The lowest BCUT2D eigenvalue weighted by Crippen LogP contribution is -2.00. The number of hydrogen-bond acceptors (Lipinski definition) is 6. The summed E-state index contributed by atoms with van der Waals surface area (Å²) in [6, 6.07) is 14.5. The Balaban J connectivity index is 1.67. The second-order valence-corrected chi connectivity index (χ2v) is 5.28. The van der Waals surface area contributed by atoms with Gasteiger partial charge in [0.05, 0.1) is 4.92 Å². The van der Waals surface area contributed by atoms with Crippen LogP contribution in [0.5, 0.6) is 5.75 Å². The molecular formula is C17H15N3O4. The van der Waals surface area contributed by atoms with Crippen molar-refractivity contribution in [2.75, 3.05) is 0 Å². The zero-order valence-corrected chi connectivity index (χ0v) is 13.0. The standard InChI is InChI=1S/C17H15N3O4/c1-12-7-8-15(14(9-12)20(21)22)23-11-17-18-16(19-24-17)10-13-5-3-2-4-6-13/h2-9H,10-11H2,1H3. The van der Waals surface area contributed by atoms with E-state index in [0.29, 0.717) is 12.2 Å². The first-order valence-corrected chi connectivity index (χ1v) is 7.35. The molecule has 0 amide bonds. The normalized spacial score (nSPS) is 10.5. The van der Waals surface area contributed by atoms with E-state index < -0.39 is 4.92 Å². The highest BCUT2D eigenvalue weighted by molar-refractivity contribution is 5.48. The van der Waals surface area contributed by atoms with Gasteiger partial charge in [-0.2, -0.15) is 4.98 Å². The molecule has 7 heteroatoms. The number of nitro groups is 1. The average molecular weight is 325 g/mol. The molecule has 0 bridgehead atoms. The number of ether oxygens (including phenoxy) is 1. The highest BCUT2D eigenvalue weighted by Gasteiger charge is 2.16. The molecule has 0 aliphatic carbocycles. The van der Waals surface area contributed by atoms with E-state index in [1.807, 2.05) is 30.3 Å². The first-order valence-electron chi connectivity index (χ1n) is 7.35. The van der Waals surface area contributed by atoms with E-state index in [4.69, 9.17) is 9.26 Å². The van der Waals surface area contributed by atoms with Gasteiger partial charge in [0.15, 0.2) is 18.2 Å². The molecule has 2 aromatic carbocycles. The van der Waals surface area contributed by atoms with Crippen LogP contribution in [-0.4, -0.2) is 15.1 Å². The number of rotatable bonds is 6. The van der Waals surface area contributed by atoms with Crippen LogP contribution in [0.4, 0.5) is 5.69 Å². The summed E-state index contributed by atoms with van der Waals surface area (Å²) in [5.74, 6) is 0.988. The maximum atomic E-state index is 11.1. The van der Waals surface area contributed by atoms with Crippen molar-refractivity contribution < 1.29 is 14.2 Å². The molecule has 0 N–H and O–H groups in total. The largest absolute Gasteiger partial charge is 0.477 e. The Bertz CT molecular complexity index is 846. The SMILES string of the molecule is Cc1ccc(OCc2nc(Cc3ccccc3)no2)c([N+](=O)[O-])c1. The summed E-state index contributed by atoms with van der Waals surface area (Å²) in [7, 11) is 0. The quantitative estimate of drug-likeness (QED) is 0.509. The van der Waals surface area contributed by atoms with Crippen molar-refractivity contribution in [2.24, 2.45) is 0 Å². The molecule has 0 saturated carbocycles. The molecule has 0 fully saturated rings. The molecule has 0 spiro atoms. The van der Waals surface area contributed by atoms with Crippen LogP contribution in [0.2, 0.25) is 0 Å². The molecule has 122 valence electrons. The Labute approximate surface area is 138 Å². The molecule has 0 aliphatic rings. The highest BCUT2D eigenvalue weighted by Crippen LogP contribution is 2.28. The molecule has 24 heavy (non-hydrogen) atoms. The predicted octanol–water partition coefficient (Wildman–Crippen LogP) is 3.46. The molecular weight excluding hydrogens is 310 g/mol. The van der Waals surface area contributed by atoms with Gasteiger partial charge >= 0.3 is 5.69 Å². The molecule has 1 heterocycles. The van der Waals surface area contributed by atoms with Crippen LogP contribution in [-0.2, 0) is 13.0 Å². The van der Waals surface area contributed by atoms with Gasteiger partial charge in [-0.25, -0.2) is 0 Å². The third kappa shape index (κ3) is 3.75. The van der Waals surface area contributed by atoms with Crippen molar-refractivity contribution in [3.05, 3.63) is 81.5 Å². The van der Waals surface area contributed by atoms with E-state index >= 15 is 0 Å². The monoisotopic (exact) mass is 325 g/mol. The number of nitro benzene ring substituents is 1. The number of nitrogens with zero attached hydrogens (tertiary/aromatic N) is 3. The van der Waals surface area contributed by atoms with Crippen molar-refractivity contribution in [3.63, 3.8) is 0 Å². The molecule has 0 atom stereocenters. The van der Waals surface area contributed by atoms with Gasteiger partial charge in [0, 0.05) is 12.5 Å². The topological polar surface area (TPSA) is 91.3 Å². The van der Waals surface area contributed by atoms with Crippen LogP contribution in [0.1, 0.15) is 22.8 Å². The summed E-state index contributed by atoms with van der Waals surface area (Å²) in [5.41, 5.74) is 1.77. The number of aromatic nitrogens is 2. The maximum absolute atomic E-state index is 11.1. The van der Waals surface area contributed by atoms with E-state index in [9.17, 15) is 10.1 Å². The second-order valence-electron chi connectivity index (χ2n) is 5.28. The molecule has 0 unspecified atom stereocenters. The van der Waals surface area contributed by atoms with Gasteiger partial charge in [0.25, 0.3) is 5.89 Å². The van der Waals surface area contributed by atoms with Gasteiger partial charge in [0.2, 0.25) is 0 Å². The lowest BCUT2D eigenvalue weighted by Gasteiger charge is -2.04. The van der Waals surface area contributed by atoms with Gasteiger partial charge < -0.3 is 9.26 Å². The van der Waals surface area contributed by atoms with Crippen molar-refractivity contribution in [1.29, 1.82) is 0 Å². The third-order valence-corrected chi connectivity index (χ3v) is 3.38. The Hall–Kier alpha value is -3.22. The van der Waals surface area contributed by atoms with Crippen molar-refractivity contribution in [2.45, 2.75) is 20.0 Å². The fourth-order valence-corrected chi connectivity index (χ4v) is 2.23. The number of hydrogen-bond donors (Lipinski definition) is 0. The summed E-state index contributed by atoms with van der Waals surface area (Å²) in [6.07, 6.45) is 0.551. The molecule has 0 saturated heterocycles. The summed E-state index contributed by atoms with van der Waals surface area (Å²) in [5, 5.41) is 15.0. The average Bonchev–Trinajstić information content (AvgIpc) is 3.02. The minimum atomic E-state index is -0.475. The number of benzene rings is 2. The van der Waals surface area contributed by atoms with Crippen LogP contribution in [0.3, 0.4) is 0 Å². The smallest absolute Gasteiger partial charge is 0.311 e. The van der Waals surface area contributed by atoms with Gasteiger partial charge in [-0.05, 0) is 24.1 Å².